The van der Waals surface area contributed by atoms with Crippen molar-refractivity contribution in [1.82, 2.24) is 25.3 Å². The molecular formula is C19H23F2N5O2. The third kappa shape index (κ3) is 3.52. The number of aromatic amines is 1. The highest BCUT2D eigenvalue weighted by molar-refractivity contribution is 5.24. The summed E-state index contributed by atoms with van der Waals surface area (Å²) in [5, 5.41) is 0. The number of aromatic nitrogens is 2. The molecule has 3 heterocycles. The van der Waals surface area contributed by atoms with Gasteiger partial charge in [0.2, 0.25) is 0 Å². The number of hydrogen-bond acceptors (Lipinski definition) is 5. The van der Waals surface area contributed by atoms with Gasteiger partial charge in [-0.25, -0.2) is 19.0 Å². The van der Waals surface area contributed by atoms with Gasteiger partial charge in [0, 0.05) is 43.9 Å². The van der Waals surface area contributed by atoms with Crippen molar-refractivity contribution in [3.63, 3.8) is 0 Å². The summed E-state index contributed by atoms with van der Waals surface area (Å²) in [6.45, 7) is 2.34. The molecule has 3 N–H and O–H groups in total. The second-order valence-electron chi connectivity index (χ2n) is 7.53. The number of H-pyrrole nitrogens is 1. The molecule has 0 aliphatic carbocycles. The SMILES string of the molecule is Cn1c(=O)[nH]cc(CCN2CCC3NNC(c4ccc(F)c(F)c4)C3C2)c1=O. The predicted molar refractivity (Wildman–Crippen MR) is 99.7 cm³/mol. The van der Waals surface area contributed by atoms with Gasteiger partial charge >= 0.3 is 5.69 Å². The van der Waals surface area contributed by atoms with E-state index >= 15 is 0 Å². The van der Waals surface area contributed by atoms with E-state index in [0.717, 1.165) is 35.7 Å². The van der Waals surface area contributed by atoms with Crippen molar-refractivity contribution in [3.8, 4) is 0 Å². The van der Waals surface area contributed by atoms with Crippen molar-refractivity contribution in [3.05, 3.63) is 68.0 Å². The quantitative estimate of drug-likeness (QED) is 0.705. The monoisotopic (exact) mass is 391 g/mol. The van der Waals surface area contributed by atoms with Crippen LogP contribution in [0.2, 0.25) is 0 Å². The van der Waals surface area contributed by atoms with Crippen LogP contribution >= 0.6 is 0 Å². The average molecular weight is 391 g/mol. The average Bonchev–Trinajstić information content (AvgIpc) is 3.11. The maximum atomic E-state index is 13.7. The molecular weight excluding hydrogens is 368 g/mol. The third-order valence-corrected chi connectivity index (χ3v) is 5.85. The summed E-state index contributed by atoms with van der Waals surface area (Å²) in [4.78, 5) is 28.5. The smallest absolute Gasteiger partial charge is 0.314 e. The maximum absolute atomic E-state index is 13.7. The van der Waals surface area contributed by atoms with Gasteiger partial charge in [-0.05, 0) is 37.1 Å². The van der Waals surface area contributed by atoms with E-state index in [1.807, 2.05) is 0 Å². The van der Waals surface area contributed by atoms with Crippen LogP contribution in [0.5, 0.6) is 0 Å². The number of halogens is 2. The second-order valence-corrected chi connectivity index (χ2v) is 7.53. The number of rotatable bonds is 4. The standard InChI is InChI=1S/C19H23F2N5O2/c1-25-18(27)12(9-22-19(25)28)4-6-26-7-5-16-13(10-26)17(24-23-16)11-2-3-14(20)15(21)8-11/h2-3,8-9,13,16-17,23-24H,4-7,10H2,1H3,(H,22,28). The van der Waals surface area contributed by atoms with Crippen LogP contribution in [0.4, 0.5) is 8.78 Å². The molecule has 0 saturated carbocycles. The second kappa shape index (κ2) is 7.57. The highest BCUT2D eigenvalue weighted by Crippen LogP contribution is 2.34. The Balaban J connectivity index is 1.45. The number of hydrazine groups is 1. The Morgan fingerprint density at radius 2 is 2.00 bits per heavy atom. The van der Waals surface area contributed by atoms with E-state index in [1.165, 1.54) is 19.3 Å². The zero-order valence-corrected chi connectivity index (χ0v) is 15.5. The lowest BCUT2D eigenvalue weighted by Gasteiger charge is -2.36. The Labute approximate surface area is 160 Å². The molecule has 3 unspecified atom stereocenters. The number of piperidine rings is 1. The van der Waals surface area contributed by atoms with Gasteiger partial charge in [-0.2, -0.15) is 0 Å². The topological polar surface area (TPSA) is 82.2 Å². The van der Waals surface area contributed by atoms with Gasteiger partial charge in [0.1, 0.15) is 0 Å². The number of nitrogens with zero attached hydrogens (tertiary/aromatic N) is 2. The molecule has 150 valence electrons. The van der Waals surface area contributed by atoms with E-state index in [1.54, 1.807) is 6.07 Å². The zero-order chi connectivity index (χ0) is 19.8. The van der Waals surface area contributed by atoms with E-state index in [-0.39, 0.29) is 23.6 Å². The van der Waals surface area contributed by atoms with E-state index in [2.05, 4.69) is 20.7 Å². The van der Waals surface area contributed by atoms with Gasteiger partial charge in [-0.15, -0.1) is 0 Å². The molecule has 2 aliphatic rings. The lowest BCUT2D eigenvalue weighted by Crippen LogP contribution is -2.46. The van der Waals surface area contributed by atoms with Crippen LogP contribution in [0.1, 0.15) is 23.6 Å². The molecule has 0 amide bonds. The Hall–Kier alpha value is -2.36. The summed E-state index contributed by atoms with van der Waals surface area (Å²) >= 11 is 0. The van der Waals surface area contributed by atoms with Crippen LogP contribution < -0.4 is 22.1 Å². The Kier molecular flexibility index (Phi) is 5.13. The van der Waals surface area contributed by atoms with Gasteiger partial charge in [-0.3, -0.25) is 14.8 Å². The van der Waals surface area contributed by atoms with Crippen LogP contribution in [-0.4, -0.2) is 40.1 Å². The Morgan fingerprint density at radius 3 is 2.79 bits per heavy atom. The first-order valence-electron chi connectivity index (χ1n) is 9.40. The predicted octanol–water partition coefficient (Wildman–Crippen LogP) is 0.434. The molecule has 2 aliphatic heterocycles. The lowest BCUT2D eigenvalue weighted by molar-refractivity contribution is 0.156. The fourth-order valence-electron chi connectivity index (χ4n) is 4.19. The summed E-state index contributed by atoms with van der Waals surface area (Å²) in [6.07, 6.45) is 2.94. The van der Waals surface area contributed by atoms with E-state index in [0.29, 0.717) is 18.5 Å². The largest absolute Gasteiger partial charge is 0.328 e. The van der Waals surface area contributed by atoms with Gasteiger partial charge < -0.3 is 9.88 Å². The minimum Gasteiger partial charge on any atom is -0.314 e. The lowest BCUT2D eigenvalue weighted by atomic mass is 9.85. The van der Waals surface area contributed by atoms with Crippen LogP contribution in [0.15, 0.2) is 34.0 Å². The van der Waals surface area contributed by atoms with Gasteiger partial charge in [0.25, 0.3) is 5.56 Å². The molecule has 2 saturated heterocycles. The molecule has 1 aromatic carbocycles. The van der Waals surface area contributed by atoms with E-state index in [4.69, 9.17) is 0 Å². The summed E-state index contributed by atoms with van der Waals surface area (Å²) < 4.78 is 28.0. The normalized spacial score (nSPS) is 25.0. The molecule has 7 nitrogen and oxygen atoms in total. The first kappa shape index (κ1) is 19.0. The van der Waals surface area contributed by atoms with Crippen molar-refractivity contribution in [1.29, 1.82) is 0 Å². The van der Waals surface area contributed by atoms with Crippen LogP contribution in [0.25, 0.3) is 0 Å². The minimum absolute atomic E-state index is 0.108. The van der Waals surface area contributed by atoms with E-state index in [9.17, 15) is 18.4 Å². The summed E-state index contributed by atoms with van der Waals surface area (Å²) in [5.41, 5.74) is 7.08. The van der Waals surface area contributed by atoms with Gasteiger partial charge in [0.05, 0.1) is 6.04 Å². The van der Waals surface area contributed by atoms with Gasteiger partial charge in [0.15, 0.2) is 11.6 Å². The molecule has 3 atom stereocenters. The van der Waals surface area contributed by atoms with Crippen molar-refractivity contribution >= 4 is 0 Å². The zero-order valence-electron chi connectivity index (χ0n) is 15.5. The number of benzene rings is 1. The fraction of sp³-hybridized carbons (Fsp3) is 0.474. The molecule has 9 heteroatoms. The molecule has 0 bridgehead atoms. The van der Waals surface area contributed by atoms with E-state index < -0.39 is 17.3 Å². The third-order valence-electron chi connectivity index (χ3n) is 5.85. The summed E-state index contributed by atoms with van der Waals surface area (Å²) in [6, 6.07) is 4.18. The molecule has 2 fully saturated rings. The molecule has 0 spiro atoms. The maximum Gasteiger partial charge on any atom is 0.328 e. The molecule has 4 rings (SSSR count). The fourth-order valence-corrected chi connectivity index (χ4v) is 4.19. The van der Waals surface area contributed by atoms with Crippen molar-refractivity contribution in [2.75, 3.05) is 19.6 Å². The van der Waals surface area contributed by atoms with Crippen LogP contribution in [-0.2, 0) is 13.5 Å². The molecule has 28 heavy (non-hydrogen) atoms. The first-order valence-corrected chi connectivity index (χ1v) is 9.40. The van der Waals surface area contributed by atoms with Crippen LogP contribution in [0, 0.1) is 17.6 Å². The number of hydrogen-bond donors (Lipinski definition) is 3. The Bertz CT molecular complexity index is 989. The summed E-state index contributed by atoms with van der Waals surface area (Å²) in [7, 11) is 1.46. The van der Waals surface area contributed by atoms with Crippen molar-refractivity contribution in [2.45, 2.75) is 24.9 Å². The highest BCUT2D eigenvalue weighted by Gasteiger charge is 2.40. The van der Waals surface area contributed by atoms with Crippen LogP contribution in [0.3, 0.4) is 0 Å². The highest BCUT2D eigenvalue weighted by atomic mass is 19.2. The number of nitrogens with one attached hydrogen (secondary N) is 3. The molecule has 0 radical (unpaired) electrons. The molecule has 2 aromatic rings. The van der Waals surface area contributed by atoms with Crippen molar-refractivity contribution in [2.24, 2.45) is 13.0 Å². The Morgan fingerprint density at radius 1 is 1.18 bits per heavy atom. The minimum atomic E-state index is -0.848. The van der Waals surface area contributed by atoms with Gasteiger partial charge in [-0.1, -0.05) is 6.07 Å². The first-order chi connectivity index (χ1) is 13.4. The number of fused-ring (bicyclic) bond motifs is 1. The van der Waals surface area contributed by atoms with Crippen molar-refractivity contribution < 1.29 is 8.78 Å². The molecule has 1 aromatic heterocycles. The number of likely N-dealkylation sites (tertiary alicyclic amines) is 1. The summed E-state index contributed by atoms with van der Waals surface area (Å²) in [5.74, 6) is -1.49.